The number of rotatable bonds is 5. The third kappa shape index (κ3) is 2.26. The van der Waals surface area contributed by atoms with Crippen molar-refractivity contribution in [3.8, 4) is 11.5 Å². The number of aryl methyl sites for hydroxylation is 1. The number of aromatic nitrogens is 5. The highest BCUT2D eigenvalue weighted by Gasteiger charge is 2.19. The van der Waals surface area contributed by atoms with Gasteiger partial charge in [0.25, 0.3) is 0 Å². The normalized spacial score (nSPS) is 11.3. The predicted octanol–water partition coefficient (Wildman–Crippen LogP) is 1.93. The minimum Gasteiger partial charge on any atom is -0.493 e. The molecule has 0 aliphatic carbocycles. The maximum atomic E-state index is 13.0. The molecule has 0 aliphatic heterocycles. The van der Waals surface area contributed by atoms with Gasteiger partial charge in [0.15, 0.2) is 11.5 Å². The van der Waals surface area contributed by atoms with E-state index in [2.05, 4.69) is 10.1 Å². The summed E-state index contributed by atoms with van der Waals surface area (Å²) in [5, 5.41) is 4.54. The van der Waals surface area contributed by atoms with Crippen molar-refractivity contribution in [2.45, 2.75) is 20.0 Å². The SMILES string of the molecule is CCn1c2ccccc2n2c(=O)n(Cc3nccc(OC)c3OC)nc12. The molecule has 0 unspecified atom stereocenters. The van der Waals surface area contributed by atoms with Gasteiger partial charge in [-0.25, -0.2) is 13.9 Å². The molecule has 3 aromatic heterocycles. The molecule has 4 rings (SSSR count). The number of benzene rings is 1. The maximum Gasteiger partial charge on any atom is 0.352 e. The Labute approximate surface area is 149 Å². The second-order valence-corrected chi connectivity index (χ2v) is 5.80. The summed E-state index contributed by atoms with van der Waals surface area (Å²) in [5.74, 6) is 1.68. The van der Waals surface area contributed by atoms with Crippen LogP contribution in [0, 0.1) is 0 Å². The van der Waals surface area contributed by atoms with Crippen molar-refractivity contribution in [2.24, 2.45) is 0 Å². The zero-order valence-electron chi connectivity index (χ0n) is 14.8. The molecule has 0 N–H and O–H groups in total. The summed E-state index contributed by atoms with van der Waals surface area (Å²) in [4.78, 5) is 17.3. The van der Waals surface area contributed by atoms with Crippen LogP contribution in [0.4, 0.5) is 0 Å². The Bertz CT molecular complexity index is 1160. The molecule has 0 fully saturated rings. The largest absolute Gasteiger partial charge is 0.493 e. The van der Waals surface area contributed by atoms with Gasteiger partial charge in [-0.1, -0.05) is 12.1 Å². The van der Waals surface area contributed by atoms with E-state index in [0.29, 0.717) is 29.5 Å². The first-order valence-electron chi connectivity index (χ1n) is 8.32. The number of fused-ring (bicyclic) bond motifs is 3. The first-order valence-corrected chi connectivity index (χ1v) is 8.32. The van der Waals surface area contributed by atoms with E-state index in [1.807, 2.05) is 35.8 Å². The maximum absolute atomic E-state index is 13.0. The van der Waals surface area contributed by atoms with Crippen LogP contribution in [-0.4, -0.2) is 38.0 Å². The van der Waals surface area contributed by atoms with Crippen LogP contribution in [-0.2, 0) is 13.1 Å². The van der Waals surface area contributed by atoms with Gasteiger partial charge in [-0.15, -0.1) is 5.10 Å². The number of hydrogen-bond donors (Lipinski definition) is 0. The van der Waals surface area contributed by atoms with Crippen LogP contribution in [0.5, 0.6) is 11.5 Å². The Morgan fingerprint density at radius 3 is 2.54 bits per heavy atom. The van der Waals surface area contributed by atoms with Crippen LogP contribution in [0.25, 0.3) is 16.8 Å². The average Bonchev–Trinajstić information content (AvgIpc) is 3.15. The number of para-hydroxylation sites is 2. The zero-order valence-corrected chi connectivity index (χ0v) is 14.8. The lowest BCUT2D eigenvalue weighted by Gasteiger charge is -2.11. The van der Waals surface area contributed by atoms with Crippen molar-refractivity contribution in [2.75, 3.05) is 14.2 Å². The Morgan fingerprint density at radius 2 is 1.85 bits per heavy atom. The number of imidazole rings is 1. The first kappa shape index (κ1) is 16.2. The van der Waals surface area contributed by atoms with Crippen molar-refractivity contribution >= 4 is 16.8 Å². The molecule has 8 nitrogen and oxygen atoms in total. The highest BCUT2D eigenvalue weighted by molar-refractivity contribution is 5.80. The van der Waals surface area contributed by atoms with Gasteiger partial charge in [-0.05, 0) is 19.1 Å². The van der Waals surface area contributed by atoms with E-state index in [9.17, 15) is 4.79 Å². The number of methoxy groups -OCH3 is 2. The third-order valence-corrected chi connectivity index (χ3v) is 4.46. The van der Waals surface area contributed by atoms with Crippen LogP contribution in [0.2, 0.25) is 0 Å². The Kier molecular flexibility index (Phi) is 3.87. The standard InChI is InChI=1S/C18H19N5O3/c1-4-21-13-7-5-6-8-14(13)23-17(21)20-22(18(23)24)11-12-16(26-3)15(25-2)9-10-19-12/h5-10H,4,11H2,1-3H3. The molecule has 0 radical (unpaired) electrons. The number of nitrogens with zero attached hydrogens (tertiary/aromatic N) is 5. The predicted molar refractivity (Wildman–Crippen MR) is 97.1 cm³/mol. The smallest absolute Gasteiger partial charge is 0.352 e. The molecule has 4 aromatic rings. The van der Waals surface area contributed by atoms with Gasteiger partial charge in [-0.2, -0.15) is 0 Å². The van der Waals surface area contributed by atoms with Crippen molar-refractivity contribution in [1.29, 1.82) is 0 Å². The lowest BCUT2D eigenvalue weighted by Crippen LogP contribution is -2.22. The van der Waals surface area contributed by atoms with E-state index in [0.717, 1.165) is 11.0 Å². The van der Waals surface area contributed by atoms with Gasteiger partial charge < -0.3 is 14.0 Å². The van der Waals surface area contributed by atoms with Crippen LogP contribution in [0.15, 0.2) is 41.3 Å². The molecule has 0 amide bonds. The van der Waals surface area contributed by atoms with Gasteiger partial charge in [0.2, 0.25) is 5.78 Å². The number of hydrogen-bond acceptors (Lipinski definition) is 5. The second kappa shape index (κ2) is 6.21. The fraction of sp³-hybridized carbons (Fsp3) is 0.278. The summed E-state index contributed by atoms with van der Waals surface area (Å²) in [5.41, 5.74) is 2.20. The summed E-state index contributed by atoms with van der Waals surface area (Å²) in [6.07, 6.45) is 1.62. The lowest BCUT2D eigenvalue weighted by atomic mass is 10.3. The highest BCUT2D eigenvalue weighted by atomic mass is 16.5. The third-order valence-electron chi connectivity index (χ3n) is 4.46. The molecule has 1 aromatic carbocycles. The Hall–Kier alpha value is -3.29. The average molecular weight is 353 g/mol. The van der Waals surface area contributed by atoms with Crippen molar-refractivity contribution in [1.82, 2.24) is 23.7 Å². The van der Waals surface area contributed by atoms with E-state index in [1.54, 1.807) is 30.9 Å². The topological polar surface area (TPSA) is 75.6 Å². The molecule has 0 atom stereocenters. The molecule has 0 aliphatic rings. The molecular formula is C18H19N5O3. The van der Waals surface area contributed by atoms with Crippen molar-refractivity contribution in [3.63, 3.8) is 0 Å². The second-order valence-electron chi connectivity index (χ2n) is 5.80. The monoisotopic (exact) mass is 353 g/mol. The molecule has 3 heterocycles. The molecule has 26 heavy (non-hydrogen) atoms. The van der Waals surface area contributed by atoms with Gasteiger partial charge in [0, 0.05) is 18.8 Å². The fourth-order valence-electron chi connectivity index (χ4n) is 3.29. The molecule has 134 valence electrons. The minimum atomic E-state index is -0.213. The Morgan fingerprint density at radius 1 is 1.08 bits per heavy atom. The summed E-state index contributed by atoms with van der Waals surface area (Å²) in [6.45, 7) is 2.94. The van der Waals surface area contributed by atoms with Crippen LogP contribution in [0.3, 0.4) is 0 Å². The summed E-state index contributed by atoms with van der Waals surface area (Å²) in [6, 6.07) is 9.50. The van der Waals surface area contributed by atoms with Gasteiger partial charge in [-0.3, -0.25) is 4.98 Å². The van der Waals surface area contributed by atoms with Gasteiger partial charge in [0.05, 0.1) is 31.8 Å². The van der Waals surface area contributed by atoms with E-state index in [4.69, 9.17) is 9.47 Å². The molecule has 8 heteroatoms. The summed E-state index contributed by atoms with van der Waals surface area (Å²) < 4.78 is 15.8. The van der Waals surface area contributed by atoms with Gasteiger partial charge >= 0.3 is 5.69 Å². The molecule has 0 bridgehead atoms. The van der Waals surface area contributed by atoms with Crippen LogP contribution in [0.1, 0.15) is 12.6 Å². The number of pyridine rings is 1. The van der Waals surface area contributed by atoms with E-state index in [1.165, 1.54) is 4.68 Å². The van der Waals surface area contributed by atoms with Crippen molar-refractivity contribution < 1.29 is 9.47 Å². The Balaban J connectivity index is 1.90. The summed E-state index contributed by atoms with van der Waals surface area (Å²) >= 11 is 0. The van der Waals surface area contributed by atoms with Crippen LogP contribution >= 0.6 is 0 Å². The fourth-order valence-corrected chi connectivity index (χ4v) is 3.29. The first-order chi connectivity index (χ1) is 12.7. The van der Waals surface area contributed by atoms with Gasteiger partial charge in [0.1, 0.15) is 5.69 Å². The number of ether oxygens (including phenoxy) is 2. The molecule has 0 spiro atoms. The lowest BCUT2D eigenvalue weighted by molar-refractivity contribution is 0.347. The minimum absolute atomic E-state index is 0.193. The van der Waals surface area contributed by atoms with E-state index < -0.39 is 0 Å². The zero-order chi connectivity index (χ0) is 18.3. The van der Waals surface area contributed by atoms with E-state index in [-0.39, 0.29) is 12.2 Å². The molecule has 0 saturated heterocycles. The van der Waals surface area contributed by atoms with Crippen LogP contribution < -0.4 is 15.2 Å². The highest BCUT2D eigenvalue weighted by Crippen LogP contribution is 2.29. The molecular weight excluding hydrogens is 334 g/mol. The molecule has 0 saturated carbocycles. The van der Waals surface area contributed by atoms with E-state index >= 15 is 0 Å². The summed E-state index contributed by atoms with van der Waals surface area (Å²) in [7, 11) is 3.11. The quantitative estimate of drug-likeness (QED) is 0.548. The van der Waals surface area contributed by atoms with Crippen molar-refractivity contribution in [3.05, 3.63) is 52.7 Å².